The van der Waals surface area contributed by atoms with Crippen molar-refractivity contribution in [1.82, 2.24) is 0 Å². The summed E-state index contributed by atoms with van der Waals surface area (Å²) in [7, 11) is 1.63. The van der Waals surface area contributed by atoms with Gasteiger partial charge in [0.15, 0.2) is 0 Å². The van der Waals surface area contributed by atoms with E-state index in [1.807, 2.05) is 54.6 Å². The van der Waals surface area contributed by atoms with Gasteiger partial charge in [-0.1, -0.05) is 36.4 Å². The maximum Gasteiger partial charge on any atom is 0.118 e. The molecule has 0 aromatic heterocycles. The average molecular weight is 284 g/mol. The molecule has 0 amide bonds. The Morgan fingerprint density at radius 2 is 1.71 bits per heavy atom. The van der Waals surface area contributed by atoms with E-state index in [0.717, 1.165) is 28.0 Å². The molecule has 1 atom stereocenters. The van der Waals surface area contributed by atoms with Gasteiger partial charge in [0.25, 0.3) is 0 Å². The van der Waals surface area contributed by atoms with Crippen molar-refractivity contribution in [3.8, 4) is 5.75 Å². The predicted molar refractivity (Wildman–Crippen MR) is 85.0 cm³/mol. The molecule has 0 aliphatic rings. The first kappa shape index (κ1) is 15.3. The van der Waals surface area contributed by atoms with E-state index in [1.54, 1.807) is 14.0 Å². The van der Waals surface area contributed by atoms with Crippen molar-refractivity contribution in [3.63, 3.8) is 0 Å². The zero-order chi connectivity index (χ0) is 15.2. The summed E-state index contributed by atoms with van der Waals surface area (Å²) < 4.78 is 5.13. The van der Waals surface area contributed by atoms with Crippen LogP contribution in [-0.2, 0) is 0 Å². The third-order valence-electron chi connectivity index (χ3n) is 3.39. The number of benzene rings is 2. The SMILES string of the molecule is COc1ccc(/C(=C/c2ccc(C(C)O)cc2)CO)cc1. The first-order chi connectivity index (χ1) is 10.1. The van der Waals surface area contributed by atoms with Gasteiger partial charge in [-0.2, -0.15) is 0 Å². The highest BCUT2D eigenvalue weighted by Gasteiger charge is 2.03. The van der Waals surface area contributed by atoms with Crippen LogP contribution in [0.3, 0.4) is 0 Å². The lowest BCUT2D eigenvalue weighted by Gasteiger charge is -2.08. The summed E-state index contributed by atoms with van der Waals surface area (Å²) in [4.78, 5) is 0. The van der Waals surface area contributed by atoms with Gasteiger partial charge in [0.05, 0.1) is 19.8 Å². The molecule has 21 heavy (non-hydrogen) atoms. The maximum absolute atomic E-state index is 9.57. The van der Waals surface area contributed by atoms with Crippen molar-refractivity contribution in [2.24, 2.45) is 0 Å². The van der Waals surface area contributed by atoms with Gasteiger partial charge in [-0.15, -0.1) is 0 Å². The molecule has 0 saturated carbocycles. The lowest BCUT2D eigenvalue weighted by molar-refractivity contribution is 0.199. The minimum Gasteiger partial charge on any atom is -0.497 e. The van der Waals surface area contributed by atoms with E-state index >= 15 is 0 Å². The Morgan fingerprint density at radius 3 is 2.19 bits per heavy atom. The monoisotopic (exact) mass is 284 g/mol. The van der Waals surface area contributed by atoms with Crippen molar-refractivity contribution in [2.45, 2.75) is 13.0 Å². The Balaban J connectivity index is 2.26. The molecule has 0 heterocycles. The highest BCUT2D eigenvalue weighted by molar-refractivity contribution is 5.82. The van der Waals surface area contributed by atoms with Crippen LogP contribution in [0.2, 0.25) is 0 Å². The highest BCUT2D eigenvalue weighted by Crippen LogP contribution is 2.21. The average Bonchev–Trinajstić information content (AvgIpc) is 2.53. The Hall–Kier alpha value is -2.10. The van der Waals surface area contributed by atoms with Crippen LogP contribution < -0.4 is 4.74 Å². The maximum atomic E-state index is 9.57. The number of aliphatic hydroxyl groups is 2. The van der Waals surface area contributed by atoms with Crippen LogP contribution in [0, 0.1) is 0 Å². The summed E-state index contributed by atoms with van der Waals surface area (Å²) in [5.41, 5.74) is 3.65. The zero-order valence-corrected chi connectivity index (χ0v) is 12.3. The van der Waals surface area contributed by atoms with E-state index in [1.165, 1.54) is 0 Å². The van der Waals surface area contributed by atoms with E-state index < -0.39 is 6.10 Å². The van der Waals surface area contributed by atoms with Crippen molar-refractivity contribution < 1.29 is 14.9 Å². The van der Waals surface area contributed by atoms with Gasteiger partial charge >= 0.3 is 0 Å². The summed E-state index contributed by atoms with van der Waals surface area (Å²) in [5.74, 6) is 0.789. The van der Waals surface area contributed by atoms with Crippen molar-refractivity contribution in [2.75, 3.05) is 13.7 Å². The third-order valence-corrected chi connectivity index (χ3v) is 3.39. The first-order valence-corrected chi connectivity index (χ1v) is 6.88. The van der Waals surface area contributed by atoms with Crippen LogP contribution in [0.4, 0.5) is 0 Å². The van der Waals surface area contributed by atoms with Crippen LogP contribution in [0.1, 0.15) is 29.7 Å². The zero-order valence-electron chi connectivity index (χ0n) is 12.3. The number of methoxy groups -OCH3 is 1. The molecule has 0 bridgehead atoms. The molecule has 3 nitrogen and oxygen atoms in total. The van der Waals surface area contributed by atoms with Crippen molar-refractivity contribution in [1.29, 1.82) is 0 Å². The van der Waals surface area contributed by atoms with Crippen LogP contribution in [-0.4, -0.2) is 23.9 Å². The Labute approximate surface area is 125 Å². The molecule has 110 valence electrons. The molecular formula is C18H20O3. The molecule has 0 saturated heterocycles. The predicted octanol–water partition coefficient (Wildman–Crippen LogP) is 3.28. The van der Waals surface area contributed by atoms with E-state index in [-0.39, 0.29) is 6.61 Å². The molecular weight excluding hydrogens is 264 g/mol. The smallest absolute Gasteiger partial charge is 0.118 e. The Bertz CT molecular complexity index is 595. The van der Waals surface area contributed by atoms with Crippen molar-refractivity contribution in [3.05, 3.63) is 65.2 Å². The molecule has 0 spiro atoms. The number of ether oxygens (including phenoxy) is 1. The molecule has 0 radical (unpaired) electrons. The van der Waals surface area contributed by atoms with Gasteiger partial charge in [-0.3, -0.25) is 0 Å². The van der Waals surface area contributed by atoms with Gasteiger partial charge in [0.2, 0.25) is 0 Å². The first-order valence-electron chi connectivity index (χ1n) is 6.88. The number of rotatable bonds is 5. The van der Waals surface area contributed by atoms with E-state index in [2.05, 4.69) is 0 Å². The number of aliphatic hydroxyl groups excluding tert-OH is 2. The van der Waals surface area contributed by atoms with Crippen LogP contribution in [0.15, 0.2) is 48.5 Å². The molecule has 2 rings (SSSR count). The van der Waals surface area contributed by atoms with Gasteiger partial charge in [-0.25, -0.2) is 0 Å². The minimum absolute atomic E-state index is 0.0372. The Kier molecular flexibility index (Phi) is 5.14. The van der Waals surface area contributed by atoms with Crippen LogP contribution in [0.25, 0.3) is 11.6 Å². The van der Waals surface area contributed by atoms with Gasteiger partial charge in [0.1, 0.15) is 5.75 Å². The summed E-state index contributed by atoms with van der Waals surface area (Å²) in [5, 5.41) is 19.1. The Morgan fingerprint density at radius 1 is 1.10 bits per heavy atom. The summed E-state index contributed by atoms with van der Waals surface area (Å²) in [6.45, 7) is 1.70. The molecule has 2 aromatic carbocycles. The standard InChI is InChI=1S/C18H20O3/c1-13(20)15-5-3-14(4-6-15)11-17(12-19)16-7-9-18(21-2)10-8-16/h3-11,13,19-20H,12H2,1-2H3/b17-11+. The summed E-state index contributed by atoms with van der Waals surface area (Å²) >= 11 is 0. The molecule has 0 aliphatic heterocycles. The molecule has 1 unspecified atom stereocenters. The van der Waals surface area contributed by atoms with Crippen LogP contribution >= 0.6 is 0 Å². The number of hydrogen-bond acceptors (Lipinski definition) is 3. The second kappa shape index (κ2) is 7.07. The minimum atomic E-state index is -0.470. The highest BCUT2D eigenvalue weighted by atomic mass is 16.5. The fourth-order valence-corrected chi connectivity index (χ4v) is 2.10. The number of hydrogen-bond donors (Lipinski definition) is 2. The molecule has 2 N–H and O–H groups in total. The quantitative estimate of drug-likeness (QED) is 0.828. The van der Waals surface area contributed by atoms with Crippen LogP contribution in [0.5, 0.6) is 5.75 Å². The van der Waals surface area contributed by atoms with E-state index in [4.69, 9.17) is 4.74 Å². The fourth-order valence-electron chi connectivity index (χ4n) is 2.10. The summed E-state index contributed by atoms with van der Waals surface area (Å²) in [6, 6.07) is 15.2. The largest absolute Gasteiger partial charge is 0.497 e. The molecule has 0 aliphatic carbocycles. The van der Waals surface area contributed by atoms with E-state index in [0.29, 0.717) is 0 Å². The molecule has 3 heteroatoms. The van der Waals surface area contributed by atoms with Crippen molar-refractivity contribution >= 4 is 11.6 Å². The topological polar surface area (TPSA) is 49.7 Å². The third kappa shape index (κ3) is 3.94. The van der Waals surface area contributed by atoms with E-state index in [9.17, 15) is 10.2 Å². The lowest BCUT2D eigenvalue weighted by atomic mass is 10.0. The second-order valence-electron chi connectivity index (χ2n) is 4.90. The van der Waals surface area contributed by atoms with Gasteiger partial charge in [0, 0.05) is 0 Å². The lowest BCUT2D eigenvalue weighted by Crippen LogP contribution is -1.92. The fraction of sp³-hybridized carbons (Fsp3) is 0.222. The van der Waals surface area contributed by atoms with Gasteiger partial charge < -0.3 is 14.9 Å². The van der Waals surface area contributed by atoms with Gasteiger partial charge in [-0.05, 0) is 47.4 Å². The summed E-state index contributed by atoms with van der Waals surface area (Å²) in [6.07, 6.45) is 1.47. The normalized spacial score (nSPS) is 13.0. The second-order valence-corrected chi connectivity index (χ2v) is 4.90. The molecule has 0 fully saturated rings. The molecule has 2 aromatic rings.